The largest absolute Gasteiger partial charge is 0.466 e. The third-order valence-corrected chi connectivity index (χ3v) is 1.34. The number of ether oxygens (including phenoxy) is 1. The van der Waals surface area contributed by atoms with Crippen LogP contribution in [0.1, 0.15) is 13.3 Å². The van der Waals surface area contributed by atoms with E-state index < -0.39 is 18.0 Å². The van der Waals surface area contributed by atoms with E-state index >= 15 is 0 Å². The Morgan fingerprint density at radius 2 is 2.08 bits per heavy atom. The first-order chi connectivity index (χ1) is 6.15. The Hall–Kier alpha value is -1.59. The number of carbonyl (C=O) groups excluding carboxylic acids is 1. The van der Waals surface area contributed by atoms with Gasteiger partial charge in [0, 0.05) is 0 Å². The summed E-state index contributed by atoms with van der Waals surface area (Å²) >= 11 is 0. The van der Waals surface area contributed by atoms with Gasteiger partial charge in [0.25, 0.3) is 0 Å². The van der Waals surface area contributed by atoms with Crippen molar-refractivity contribution in [3.8, 4) is 12.1 Å². The van der Waals surface area contributed by atoms with E-state index in [-0.39, 0.29) is 13.0 Å². The molecular formula is C8H10N2O3. The molecule has 0 fully saturated rings. The zero-order valence-electron chi connectivity index (χ0n) is 7.23. The number of aliphatic hydroxyl groups excluding tert-OH is 1. The number of aliphatic hydroxyl groups is 1. The van der Waals surface area contributed by atoms with Crippen LogP contribution in [0.3, 0.4) is 0 Å². The van der Waals surface area contributed by atoms with Gasteiger partial charge in [-0.15, -0.1) is 0 Å². The third kappa shape index (κ3) is 4.09. The molecule has 5 heteroatoms. The molecule has 0 aliphatic rings. The summed E-state index contributed by atoms with van der Waals surface area (Å²) in [5.74, 6) is -1.78. The molecule has 1 unspecified atom stereocenters. The fourth-order valence-electron chi connectivity index (χ4n) is 0.709. The highest BCUT2D eigenvalue weighted by Gasteiger charge is 2.21. The van der Waals surface area contributed by atoms with Crippen LogP contribution >= 0.6 is 0 Å². The maximum Gasteiger partial charge on any atom is 0.308 e. The summed E-state index contributed by atoms with van der Waals surface area (Å²) in [7, 11) is 0. The second-order valence-electron chi connectivity index (χ2n) is 2.31. The maximum absolute atomic E-state index is 10.8. The van der Waals surface area contributed by atoms with E-state index in [1.165, 1.54) is 0 Å². The second kappa shape index (κ2) is 5.99. The van der Waals surface area contributed by atoms with E-state index in [1.807, 2.05) is 0 Å². The van der Waals surface area contributed by atoms with Crippen molar-refractivity contribution in [2.75, 3.05) is 6.61 Å². The predicted octanol–water partition coefficient (Wildman–Crippen LogP) is -0.0361. The molecule has 0 bridgehead atoms. The normalized spacial score (nSPS) is 11.5. The monoisotopic (exact) mass is 182 g/mol. The molecule has 1 N–H and O–H groups in total. The quantitative estimate of drug-likeness (QED) is 0.616. The molecule has 13 heavy (non-hydrogen) atoms. The summed E-state index contributed by atoms with van der Waals surface area (Å²) in [6, 6.07) is 3.16. The first-order valence-corrected chi connectivity index (χ1v) is 3.78. The standard InChI is InChI=1S/C8H10N2O3/c1-2-13-8(12)3-7(11)6(4-9)5-10/h6-7,11H,2-3H2,1H3. The maximum atomic E-state index is 10.8. The smallest absolute Gasteiger partial charge is 0.308 e. The van der Waals surface area contributed by atoms with Crippen molar-refractivity contribution in [1.82, 2.24) is 0 Å². The van der Waals surface area contributed by atoms with Crippen molar-refractivity contribution < 1.29 is 14.6 Å². The molecular weight excluding hydrogens is 172 g/mol. The Morgan fingerprint density at radius 1 is 1.54 bits per heavy atom. The number of nitrogens with zero attached hydrogens (tertiary/aromatic N) is 2. The summed E-state index contributed by atoms with van der Waals surface area (Å²) in [5.41, 5.74) is 0. The lowest BCUT2D eigenvalue weighted by atomic mass is 10.0. The van der Waals surface area contributed by atoms with Crippen LogP contribution in [-0.2, 0) is 9.53 Å². The third-order valence-electron chi connectivity index (χ3n) is 1.34. The summed E-state index contributed by atoms with van der Waals surface area (Å²) in [6.45, 7) is 1.85. The summed E-state index contributed by atoms with van der Waals surface area (Å²) in [6.07, 6.45) is -1.59. The topological polar surface area (TPSA) is 94.1 Å². The molecule has 0 aliphatic carbocycles. The van der Waals surface area contributed by atoms with E-state index in [0.29, 0.717) is 0 Å². The minimum absolute atomic E-state index is 0.218. The minimum atomic E-state index is -1.27. The highest BCUT2D eigenvalue weighted by Crippen LogP contribution is 2.06. The molecule has 0 aliphatic heterocycles. The van der Waals surface area contributed by atoms with Gasteiger partial charge in [0.05, 0.1) is 31.3 Å². The molecule has 0 saturated heterocycles. The van der Waals surface area contributed by atoms with Crippen molar-refractivity contribution >= 4 is 5.97 Å². The molecule has 1 atom stereocenters. The van der Waals surface area contributed by atoms with Gasteiger partial charge in [-0.1, -0.05) is 0 Å². The lowest BCUT2D eigenvalue weighted by Crippen LogP contribution is -2.22. The van der Waals surface area contributed by atoms with Gasteiger partial charge in [-0.25, -0.2) is 0 Å². The lowest BCUT2D eigenvalue weighted by Gasteiger charge is -2.08. The van der Waals surface area contributed by atoms with Gasteiger partial charge in [0.1, 0.15) is 0 Å². The highest BCUT2D eigenvalue weighted by atomic mass is 16.5. The fourth-order valence-corrected chi connectivity index (χ4v) is 0.709. The van der Waals surface area contributed by atoms with Gasteiger partial charge < -0.3 is 9.84 Å². The molecule has 0 spiro atoms. The van der Waals surface area contributed by atoms with Crippen molar-refractivity contribution in [1.29, 1.82) is 10.5 Å². The van der Waals surface area contributed by atoms with Crippen LogP contribution in [-0.4, -0.2) is 23.8 Å². The molecule has 0 amide bonds. The Labute approximate surface area is 76.1 Å². The Balaban J connectivity index is 4.01. The first-order valence-electron chi connectivity index (χ1n) is 3.78. The van der Waals surface area contributed by atoms with Crippen LogP contribution in [0, 0.1) is 28.6 Å². The van der Waals surface area contributed by atoms with Crippen LogP contribution in [0.15, 0.2) is 0 Å². The van der Waals surface area contributed by atoms with Gasteiger partial charge in [0.2, 0.25) is 0 Å². The lowest BCUT2D eigenvalue weighted by molar-refractivity contribution is -0.145. The van der Waals surface area contributed by atoms with Crippen LogP contribution in [0.5, 0.6) is 0 Å². The van der Waals surface area contributed by atoms with Crippen molar-refractivity contribution in [3.63, 3.8) is 0 Å². The Morgan fingerprint density at radius 3 is 2.46 bits per heavy atom. The molecule has 0 aromatic heterocycles. The zero-order chi connectivity index (χ0) is 10.3. The Bertz CT molecular complexity index is 237. The average Bonchev–Trinajstić information content (AvgIpc) is 2.06. The number of carbonyl (C=O) groups is 1. The van der Waals surface area contributed by atoms with Crippen LogP contribution in [0.25, 0.3) is 0 Å². The van der Waals surface area contributed by atoms with Gasteiger partial charge >= 0.3 is 5.97 Å². The van der Waals surface area contributed by atoms with Crippen LogP contribution in [0.2, 0.25) is 0 Å². The van der Waals surface area contributed by atoms with Crippen molar-refractivity contribution in [2.45, 2.75) is 19.4 Å². The molecule has 70 valence electrons. The molecule has 0 aromatic carbocycles. The predicted molar refractivity (Wildman–Crippen MR) is 42.0 cm³/mol. The molecule has 0 radical (unpaired) electrons. The number of nitriles is 2. The zero-order valence-corrected chi connectivity index (χ0v) is 7.23. The van der Waals surface area contributed by atoms with Gasteiger partial charge in [-0.2, -0.15) is 10.5 Å². The van der Waals surface area contributed by atoms with Gasteiger partial charge in [-0.05, 0) is 6.92 Å². The molecule has 0 rings (SSSR count). The van der Waals surface area contributed by atoms with Crippen LogP contribution < -0.4 is 0 Å². The number of rotatable bonds is 4. The molecule has 0 aromatic rings. The molecule has 5 nitrogen and oxygen atoms in total. The average molecular weight is 182 g/mol. The molecule has 0 saturated carbocycles. The van der Waals surface area contributed by atoms with Crippen LogP contribution in [0.4, 0.5) is 0 Å². The van der Waals surface area contributed by atoms with E-state index in [2.05, 4.69) is 4.74 Å². The van der Waals surface area contributed by atoms with E-state index in [9.17, 15) is 4.79 Å². The van der Waals surface area contributed by atoms with E-state index in [1.54, 1.807) is 19.1 Å². The summed E-state index contributed by atoms with van der Waals surface area (Å²) < 4.78 is 4.53. The van der Waals surface area contributed by atoms with E-state index in [0.717, 1.165) is 0 Å². The van der Waals surface area contributed by atoms with Gasteiger partial charge in [0.15, 0.2) is 5.92 Å². The fraction of sp³-hybridized carbons (Fsp3) is 0.625. The van der Waals surface area contributed by atoms with Crippen molar-refractivity contribution in [2.24, 2.45) is 5.92 Å². The summed E-state index contributed by atoms with van der Waals surface area (Å²) in [4.78, 5) is 10.8. The van der Waals surface area contributed by atoms with Gasteiger partial charge in [-0.3, -0.25) is 4.79 Å². The first kappa shape index (κ1) is 11.4. The number of esters is 1. The number of hydrogen-bond donors (Lipinski definition) is 1. The molecule has 0 heterocycles. The number of hydrogen-bond acceptors (Lipinski definition) is 5. The van der Waals surface area contributed by atoms with E-state index in [4.69, 9.17) is 15.6 Å². The van der Waals surface area contributed by atoms with Crippen molar-refractivity contribution in [3.05, 3.63) is 0 Å². The highest BCUT2D eigenvalue weighted by molar-refractivity contribution is 5.70. The second-order valence-corrected chi connectivity index (χ2v) is 2.31. The minimum Gasteiger partial charge on any atom is -0.466 e. The Kier molecular flexibility index (Phi) is 5.25. The summed E-state index contributed by atoms with van der Waals surface area (Å²) in [5, 5.41) is 25.9. The SMILES string of the molecule is CCOC(=O)CC(O)C(C#N)C#N.